The van der Waals surface area contributed by atoms with E-state index in [1.807, 2.05) is 26.4 Å². The predicted octanol–water partition coefficient (Wildman–Crippen LogP) is 1.01. The topological polar surface area (TPSA) is 97.3 Å². The van der Waals surface area contributed by atoms with Gasteiger partial charge in [0, 0.05) is 31.2 Å². The Hall–Kier alpha value is -2.74. The minimum atomic E-state index is -0.289. The highest BCUT2D eigenvalue weighted by atomic mass is 16.3. The number of hydrogen-bond donors (Lipinski definition) is 2. The zero-order chi connectivity index (χ0) is 17.6. The second kappa shape index (κ2) is 5.96. The second-order valence-corrected chi connectivity index (χ2v) is 6.74. The molecule has 0 aliphatic heterocycles. The van der Waals surface area contributed by atoms with Gasteiger partial charge in [-0.05, 0) is 31.2 Å². The Kier molecular flexibility index (Phi) is 3.76. The van der Waals surface area contributed by atoms with E-state index in [1.165, 1.54) is 6.20 Å². The molecule has 4 rings (SSSR count). The maximum Gasteiger partial charge on any atom is 0.257 e. The van der Waals surface area contributed by atoms with Gasteiger partial charge in [-0.2, -0.15) is 10.2 Å². The Morgan fingerprint density at radius 3 is 2.76 bits per heavy atom. The van der Waals surface area contributed by atoms with E-state index in [0.29, 0.717) is 24.1 Å². The lowest BCUT2D eigenvalue weighted by molar-refractivity contribution is 0.0235. The van der Waals surface area contributed by atoms with E-state index in [0.717, 1.165) is 11.1 Å². The van der Waals surface area contributed by atoms with Crippen LogP contribution in [0.1, 0.15) is 40.4 Å². The van der Waals surface area contributed by atoms with Crippen LogP contribution >= 0.6 is 0 Å². The summed E-state index contributed by atoms with van der Waals surface area (Å²) < 4.78 is 3.32. The van der Waals surface area contributed by atoms with Crippen LogP contribution in [0.2, 0.25) is 0 Å². The van der Waals surface area contributed by atoms with Crippen molar-refractivity contribution >= 4 is 11.6 Å². The third-order valence-electron chi connectivity index (χ3n) is 4.72. The fourth-order valence-electron chi connectivity index (χ4n) is 3.32. The van der Waals surface area contributed by atoms with Crippen LogP contribution in [0.3, 0.4) is 0 Å². The number of aliphatic hydroxyl groups is 1. The van der Waals surface area contributed by atoms with Crippen molar-refractivity contribution in [3.63, 3.8) is 0 Å². The highest BCUT2D eigenvalue weighted by Gasteiger charge is 2.36. The maximum absolute atomic E-state index is 12.8. The molecule has 0 radical (unpaired) electrons. The Bertz CT molecular complexity index is 924. The molecule has 0 saturated heterocycles. The van der Waals surface area contributed by atoms with Gasteiger partial charge in [-0.1, -0.05) is 0 Å². The molecule has 1 saturated carbocycles. The van der Waals surface area contributed by atoms with Crippen LogP contribution in [0.5, 0.6) is 0 Å². The molecule has 1 aliphatic carbocycles. The molecule has 3 heterocycles. The van der Waals surface area contributed by atoms with Gasteiger partial charge < -0.3 is 10.4 Å². The third-order valence-corrected chi connectivity index (χ3v) is 4.72. The van der Waals surface area contributed by atoms with Crippen LogP contribution in [0.4, 0.5) is 0 Å². The lowest BCUT2D eigenvalue weighted by Crippen LogP contribution is -2.41. The Labute approximate surface area is 144 Å². The largest absolute Gasteiger partial charge is 0.393 e. The smallest absolute Gasteiger partial charge is 0.257 e. The van der Waals surface area contributed by atoms with E-state index in [4.69, 9.17) is 0 Å². The molecule has 1 atom stereocenters. The minimum Gasteiger partial charge on any atom is -0.393 e. The molecular weight excluding hydrogens is 320 g/mol. The number of nitrogens with one attached hydrogen (secondary N) is 1. The normalized spacial score (nSPS) is 21.1. The minimum absolute atomic E-state index is 0.190. The molecule has 1 amide bonds. The van der Waals surface area contributed by atoms with Crippen molar-refractivity contribution in [1.29, 1.82) is 0 Å². The van der Waals surface area contributed by atoms with Crippen molar-refractivity contribution < 1.29 is 9.90 Å². The van der Waals surface area contributed by atoms with Gasteiger partial charge in [0.2, 0.25) is 0 Å². The number of hydrogen-bond acceptors (Lipinski definition) is 5. The van der Waals surface area contributed by atoms with Gasteiger partial charge in [0.15, 0.2) is 5.65 Å². The van der Waals surface area contributed by atoms with Crippen LogP contribution in [-0.2, 0) is 7.05 Å². The van der Waals surface area contributed by atoms with E-state index < -0.39 is 0 Å². The number of rotatable bonds is 4. The van der Waals surface area contributed by atoms with Crippen molar-refractivity contribution in [2.24, 2.45) is 13.0 Å². The van der Waals surface area contributed by atoms with Crippen LogP contribution in [0.15, 0.2) is 31.0 Å². The van der Waals surface area contributed by atoms with Crippen molar-refractivity contribution in [3.8, 4) is 0 Å². The molecule has 8 nitrogen and oxygen atoms in total. The molecule has 0 spiro atoms. The zero-order valence-electron chi connectivity index (χ0n) is 14.1. The average Bonchev–Trinajstić information content (AvgIpc) is 3.15. The van der Waals surface area contributed by atoms with Crippen LogP contribution in [0.25, 0.3) is 5.65 Å². The number of carbonyl (C=O) groups excluding carboxylic acids is 1. The first kappa shape index (κ1) is 15.8. The molecular formula is C17H20N6O2. The zero-order valence-corrected chi connectivity index (χ0v) is 14.1. The Balaban J connectivity index is 1.61. The molecule has 0 bridgehead atoms. The predicted molar refractivity (Wildman–Crippen MR) is 89.9 cm³/mol. The highest BCUT2D eigenvalue weighted by Crippen LogP contribution is 2.38. The number of aliphatic hydroxyl groups excluding tert-OH is 1. The number of aryl methyl sites for hydroxylation is 2. The first-order valence-corrected chi connectivity index (χ1v) is 8.28. The molecule has 3 aromatic heterocycles. The van der Waals surface area contributed by atoms with Gasteiger partial charge in [0.25, 0.3) is 5.91 Å². The number of fused-ring (bicyclic) bond motifs is 1. The average molecular weight is 340 g/mol. The van der Waals surface area contributed by atoms with Crippen molar-refractivity contribution in [2.75, 3.05) is 0 Å². The molecule has 1 fully saturated rings. The first-order chi connectivity index (χ1) is 12.0. The van der Waals surface area contributed by atoms with Gasteiger partial charge in [-0.25, -0.2) is 9.50 Å². The monoisotopic (exact) mass is 340 g/mol. The molecule has 0 unspecified atom stereocenters. The molecule has 1 aliphatic rings. The standard InChI is InChI=1S/C17H20N6O2/c1-10-5-18-16-14(7-20-23(16)8-10)17(25)21-15(11-3-13(24)4-11)12-6-19-22(2)9-12/h5-9,11,13,15,24H,3-4H2,1-2H3,(H,21,25)/t11?,13?,15-/m0/s1. The van der Waals surface area contributed by atoms with Gasteiger partial charge in [-0.3, -0.25) is 9.48 Å². The summed E-state index contributed by atoms with van der Waals surface area (Å²) in [6.45, 7) is 1.92. The second-order valence-electron chi connectivity index (χ2n) is 6.74. The van der Waals surface area contributed by atoms with E-state index in [9.17, 15) is 9.90 Å². The Morgan fingerprint density at radius 1 is 1.28 bits per heavy atom. The number of amides is 1. The molecule has 2 N–H and O–H groups in total. The van der Waals surface area contributed by atoms with Gasteiger partial charge in [-0.15, -0.1) is 0 Å². The quantitative estimate of drug-likeness (QED) is 0.739. The first-order valence-electron chi connectivity index (χ1n) is 8.28. The van der Waals surface area contributed by atoms with Crippen molar-refractivity contribution in [2.45, 2.75) is 31.9 Å². The summed E-state index contributed by atoms with van der Waals surface area (Å²) in [7, 11) is 1.84. The van der Waals surface area contributed by atoms with Gasteiger partial charge in [0.1, 0.15) is 5.56 Å². The summed E-state index contributed by atoms with van der Waals surface area (Å²) in [5.74, 6) is -0.0261. The third kappa shape index (κ3) is 2.89. The number of nitrogens with zero attached hydrogens (tertiary/aromatic N) is 5. The van der Waals surface area contributed by atoms with Crippen molar-refractivity contribution in [1.82, 2.24) is 29.7 Å². The molecule has 3 aromatic rings. The Morgan fingerprint density at radius 2 is 2.08 bits per heavy atom. The lowest BCUT2D eigenvalue weighted by Gasteiger charge is -2.37. The van der Waals surface area contributed by atoms with Crippen LogP contribution in [-0.4, -0.2) is 41.5 Å². The van der Waals surface area contributed by atoms with Crippen molar-refractivity contribution in [3.05, 3.63) is 47.7 Å². The molecule has 8 heteroatoms. The van der Waals surface area contributed by atoms with E-state index in [1.54, 1.807) is 21.6 Å². The molecule has 130 valence electrons. The summed E-state index contributed by atoms with van der Waals surface area (Å²) in [4.78, 5) is 17.1. The fraction of sp³-hybridized carbons (Fsp3) is 0.412. The summed E-state index contributed by atoms with van der Waals surface area (Å²) >= 11 is 0. The van der Waals surface area contributed by atoms with Crippen LogP contribution < -0.4 is 5.32 Å². The fourth-order valence-corrected chi connectivity index (χ4v) is 3.32. The van der Waals surface area contributed by atoms with Gasteiger partial charge >= 0.3 is 0 Å². The number of aromatic nitrogens is 5. The SMILES string of the molecule is Cc1cnc2c(C(=O)N[C@H](c3cnn(C)c3)C3CC(O)C3)cnn2c1. The summed E-state index contributed by atoms with van der Waals surface area (Å²) in [5, 5.41) is 21.1. The van der Waals surface area contributed by atoms with E-state index >= 15 is 0 Å². The lowest BCUT2D eigenvalue weighted by atomic mass is 9.75. The number of carbonyl (C=O) groups is 1. The molecule has 25 heavy (non-hydrogen) atoms. The van der Waals surface area contributed by atoms with Crippen LogP contribution in [0, 0.1) is 12.8 Å². The van der Waals surface area contributed by atoms with E-state index in [-0.39, 0.29) is 24.0 Å². The summed E-state index contributed by atoms with van der Waals surface area (Å²) in [5.41, 5.74) is 2.88. The van der Waals surface area contributed by atoms with E-state index in [2.05, 4.69) is 20.5 Å². The summed E-state index contributed by atoms with van der Waals surface area (Å²) in [6, 6.07) is -0.190. The maximum atomic E-state index is 12.8. The summed E-state index contributed by atoms with van der Waals surface area (Å²) in [6.07, 6.45) is 9.79. The van der Waals surface area contributed by atoms with Gasteiger partial charge in [0.05, 0.1) is 24.5 Å². The molecule has 0 aromatic carbocycles. The highest BCUT2D eigenvalue weighted by molar-refractivity contribution is 5.99.